The minimum absolute atomic E-state index is 0.106. The molecule has 134 valence electrons. The van der Waals surface area contributed by atoms with Crippen molar-refractivity contribution in [3.05, 3.63) is 54.5 Å². The molecule has 25 heavy (non-hydrogen) atoms. The van der Waals surface area contributed by atoms with Gasteiger partial charge >= 0.3 is 6.03 Å². The van der Waals surface area contributed by atoms with Gasteiger partial charge in [0.05, 0.1) is 18.9 Å². The minimum atomic E-state index is -0.302. The molecular weight excluding hydrogens is 318 g/mol. The van der Waals surface area contributed by atoms with Gasteiger partial charge in [-0.2, -0.15) is 0 Å². The van der Waals surface area contributed by atoms with E-state index < -0.39 is 0 Å². The minimum Gasteiger partial charge on any atom is -0.467 e. The van der Waals surface area contributed by atoms with E-state index in [1.807, 2.05) is 24.3 Å². The Labute approximate surface area is 148 Å². The van der Waals surface area contributed by atoms with Crippen LogP contribution in [0.3, 0.4) is 0 Å². The Hall–Kier alpha value is -2.47. The first kappa shape index (κ1) is 17.4. The maximum absolute atomic E-state index is 12.4. The van der Waals surface area contributed by atoms with Crippen LogP contribution in [0.1, 0.15) is 25.1 Å². The maximum Gasteiger partial charge on any atom is 0.315 e. The van der Waals surface area contributed by atoms with E-state index in [0.29, 0.717) is 18.4 Å². The second kappa shape index (κ2) is 8.07. The van der Waals surface area contributed by atoms with Crippen molar-refractivity contribution in [3.63, 3.8) is 0 Å². The van der Waals surface area contributed by atoms with Gasteiger partial charge in [-0.3, -0.25) is 0 Å². The van der Waals surface area contributed by atoms with E-state index in [1.54, 1.807) is 19.4 Å². The number of para-hydroxylation sites is 1. The second-order valence-corrected chi connectivity index (χ2v) is 6.41. The predicted molar refractivity (Wildman–Crippen MR) is 96.6 cm³/mol. The smallest absolute Gasteiger partial charge is 0.315 e. The third-order valence-corrected chi connectivity index (χ3v) is 4.52. The molecule has 0 bridgehead atoms. The molecule has 2 amide bonds. The van der Waals surface area contributed by atoms with E-state index in [9.17, 15) is 4.79 Å². The van der Waals surface area contributed by atoms with E-state index in [2.05, 4.69) is 34.6 Å². The lowest BCUT2D eigenvalue weighted by molar-refractivity contribution is 0.156. The molecule has 1 fully saturated rings. The normalized spacial score (nSPS) is 21.1. The Kier molecular flexibility index (Phi) is 5.60. The molecule has 6 nitrogen and oxygen atoms in total. The van der Waals surface area contributed by atoms with Crippen LogP contribution in [-0.4, -0.2) is 38.4 Å². The number of rotatable bonds is 6. The molecule has 1 aliphatic rings. The Morgan fingerprint density at radius 2 is 2.12 bits per heavy atom. The van der Waals surface area contributed by atoms with Crippen molar-refractivity contribution < 1.29 is 13.9 Å². The van der Waals surface area contributed by atoms with Gasteiger partial charge in [-0.15, -0.1) is 0 Å². The summed E-state index contributed by atoms with van der Waals surface area (Å²) in [7, 11) is 1.60. The van der Waals surface area contributed by atoms with Crippen molar-refractivity contribution in [1.29, 1.82) is 0 Å². The third kappa shape index (κ3) is 4.33. The Bertz CT molecular complexity index is 660. The summed E-state index contributed by atoms with van der Waals surface area (Å²) >= 11 is 0. The largest absolute Gasteiger partial charge is 0.467 e. The van der Waals surface area contributed by atoms with Crippen LogP contribution in [0.4, 0.5) is 10.5 Å². The van der Waals surface area contributed by atoms with E-state index in [4.69, 9.17) is 9.15 Å². The number of anilines is 1. The zero-order valence-corrected chi connectivity index (χ0v) is 14.6. The number of urea groups is 1. The van der Waals surface area contributed by atoms with Crippen LogP contribution in [0, 0.1) is 0 Å². The Morgan fingerprint density at radius 3 is 2.80 bits per heavy atom. The van der Waals surface area contributed by atoms with E-state index in [0.717, 1.165) is 13.0 Å². The number of carbonyl (C=O) groups is 1. The number of ether oxygens (including phenoxy) is 1. The van der Waals surface area contributed by atoms with E-state index >= 15 is 0 Å². The van der Waals surface area contributed by atoms with Crippen molar-refractivity contribution >= 4 is 11.7 Å². The van der Waals surface area contributed by atoms with Gasteiger partial charge < -0.3 is 24.7 Å². The molecule has 2 N–H and O–H groups in total. The van der Waals surface area contributed by atoms with Gasteiger partial charge in [0.15, 0.2) is 0 Å². The zero-order chi connectivity index (χ0) is 17.6. The van der Waals surface area contributed by atoms with Crippen LogP contribution in [0.2, 0.25) is 0 Å². The van der Waals surface area contributed by atoms with Gasteiger partial charge in [0.1, 0.15) is 11.8 Å². The number of nitrogens with zero attached hydrogens (tertiary/aromatic N) is 1. The summed E-state index contributed by atoms with van der Waals surface area (Å²) in [4.78, 5) is 14.7. The first-order valence-corrected chi connectivity index (χ1v) is 8.58. The summed E-state index contributed by atoms with van der Waals surface area (Å²) in [6.07, 6.45) is 2.51. The summed E-state index contributed by atoms with van der Waals surface area (Å²) in [5, 5.41) is 6.00. The fraction of sp³-hybridized carbons (Fsp3) is 0.421. The number of methoxy groups -OCH3 is 1. The quantitative estimate of drug-likeness (QED) is 0.846. The molecule has 0 saturated carbocycles. The van der Waals surface area contributed by atoms with Gasteiger partial charge in [-0.25, -0.2) is 4.79 Å². The van der Waals surface area contributed by atoms with Crippen LogP contribution in [0.25, 0.3) is 0 Å². The first-order valence-electron chi connectivity index (χ1n) is 8.58. The van der Waals surface area contributed by atoms with Crippen molar-refractivity contribution in [2.24, 2.45) is 0 Å². The molecule has 0 spiro atoms. The molecule has 3 unspecified atom stereocenters. The molecule has 1 saturated heterocycles. The van der Waals surface area contributed by atoms with Gasteiger partial charge in [0.25, 0.3) is 0 Å². The number of hydrogen-bond donors (Lipinski definition) is 2. The molecule has 6 heteroatoms. The summed E-state index contributed by atoms with van der Waals surface area (Å²) in [6, 6.07) is 13.9. The predicted octanol–water partition coefficient (Wildman–Crippen LogP) is 2.93. The highest BCUT2D eigenvalue weighted by molar-refractivity contribution is 5.75. The second-order valence-electron chi connectivity index (χ2n) is 6.41. The van der Waals surface area contributed by atoms with E-state index in [1.165, 1.54) is 5.69 Å². The van der Waals surface area contributed by atoms with Crippen LogP contribution >= 0.6 is 0 Å². The average molecular weight is 343 g/mol. The molecule has 1 aliphatic heterocycles. The van der Waals surface area contributed by atoms with Gasteiger partial charge in [-0.1, -0.05) is 18.2 Å². The topological polar surface area (TPSA) is 66.7 Å². The third-order valence-electron chi connectivity index (χ3n) is 4.52. The molecule has 0 aliphatic carbocycles. The monoisotopic (exact) mass is 343 g/mol. The molecule has 3 rings (SSSR count). The SMILES string of the molecule is COCC(NC(=O)NC1CC(C)N(c2ccccc2)C1)c1ccco1. The first-order chi connectivity index (χ1) is 12.2. The number of benzene rings is 1. The maximum atomic E-state index is 12.4. The number of carbonyl (C=O) groups excluding carboxylic acids is 1. The highest BCUT2D eigenvalue weighted by Crippen LogP contribution is 2.25. The highest BCUT2D eigenvalue weighted by Gasteiger charge is 2.30. The fourth-order valence-electron chi connectivity index (χ4n) is 3.35. The van der Waals surface area contributed by atoms with Crippen LogP contribution in [0.15, 0.2) is 53.1 Å². The van der Waals surface area contributed by atoms with Gasteiger partial charge in [0, 0.05) is 25.4 Å². The van der Waals surface area contributed by atoms with Crippen molar-refractivity contribution in [2.75, 3.05) is 25.2 Å². The molecule has 0 radical (unpaired) electrons. The zero-order valence-electron chi connectivity index (χ0n) is 14.6. The van der Waals surface area contributed by atoms with Crippen molar-refractivity contribution in [1.82, 2.24) is 10.6 Å². The summed E-state index contributed by atoms with van der Waals surface area (Å²) in [5.74, 6) is 0.683. The summed E-state index contributed by atoms with van der Waals surface area (Å²) in [6.45, 7) is 3.34. The lowest BCUT2D eigenvalue weighted by Gasteiger charge is -2.23. The Balaban J connectivity index is 1.56. The lowest BCUT2D eigenvalue weighted by Crippen LogP contribution is -2.45. The van der Waals surface area contributed by atoms with Crippen LogP contribution in [0.5, 0.6) is 0 Å². The summed E-state index contributed by atoms with van der Waals surface area (Å²) in [5.41, 5.74) is 1.19. The highest BCUT2D eigenvalue weighted by atomic mass is 16.5. The molecule has 2 heterocycles. The number of amides is 2. The molecular formula is C19H25N3O3. The number of nitrogens with one attached hydrogen (secondary N) is 2. The molecule has 1 aromatic heterocycles. The van der Waals surface area contributed by atoms with Crippen molar-refractivity contribution in [2.45, 2.75) is 31.5 Å². The fourth-order valence-corrected chi connectivity index (χ4v) is 3.35. The van der Waals surface area contributed by atoms with Crippen LogP contribution in [-0.2, 0) is 4.74 Å². The lowest BCUT2D eigenvalue weighted by atomic mass is 10.2. The summed E-state index contributed by atoms with van der Waals surface area (Å²) < 4.78 is 10.6. The van der Waals surface area contributed by atoms with Gasteiger partial charge in [-0.05, 0) is 37.6 Å². The van der Waals surface area contributed by atoms with Crippen molar-refractivity contribution in [3.8, 4) is 0 Å². The van der Waals surface area contributed by atoms with Gasteiger partial charge in [0.2, 0.25) is 0 Å². The molecule has 3 atom stereocenters. The molecule has 1 aromatic carbocycles. The number of hydrogen-bond acceptors (Lipinski definition) is 4. The molecule has 2 aromatic rings. The standard InChI is InChI=1S/C19H25N3O3/c1-14-11-15(12-22(14)16-7-4-3-5-8-16)20-19(23)21-17(13-24-2)18-9-6-10-25-18/h3-10,14-15,17H,11-13H2,1-2H3,(H2,20,21,23). The van der Waals surface area contributed by atoms with E-state index in [-0.39, 0.29) is 18.1 Å². The average Bonchev–Trinajstić information content (AvgIpc) is 3.25. The van der Waals surface area contributed by atoms with Crippen LogP contribution < -0.4 is 15.5 Å². The number of furan rings is 1. The Morgan fingerprint density at radius 1 is 1.32 bits per heavy atom.